The maximum atomic E-state index is 12.3. The molecule has 0 unspecified atom stereocenters. The van der Waals surface area contributed by atoms with Gasteiger partial charge in [-0.05, 0) is 56.2 Å². The summed E-state index contributed by atoms with van der Waals surface area (Å²) in [5, 5.41) is 9.59. The quantitative estimate of drug-likeness (QED) is 0.854. The van der Waals surface area contributed by atoms with E-state index in [0.717, 1.165) is 5.56 Å². The third-order valence-corrected chi connectivity index (χ3v) is 4.50. The van der Waals surface area contributed by atoms with E-state index in [2.05, 4.69) is 4.72 Å². The Morgan fingerprint density at radius 1 is 0.950 bits per heavy atom. The normalized spacial score (nSPS) is 11.3. The van der Waals surface area contributed by atoms with Crippen LogP contribution in [0.25, 0.3) is 0 Å². The van der Waals surface area contributed by atoms with Crippen molar-refractivity contribution >= 4 is 15.7 Å². The van der Waals surface area contributed by atoms with Gasteiger partial charge in [0.05, 0.1) is 10.6 Å². The highest BCUT2D eigenvalue weighted by atomic mass is 32.2. The molecule has 0 saturated heterocycles. The molecule has 0 aromatic heterocycles. The Morgan fingerprint density at radius 2 is 1.55 bits per heavy atom. The van der Waals surface area contributed by atoms with Crippen molar-refractivity contribution in [2.75, 3.05) is 4.72 Å². The Kier molecular flexibility index (Phi) is 3.72. The number of anilines is 1. The first kappa shape index (κ1) is 14.4. The summed E-state index contributed by atoms with van der Waals surface area (Å²) in [6.07, 6.45) is 0. The molecule has 2 N–H and O–H groups in total. The van der Waals surface area contributed by atoms with Gasteiger partial charge in [-0.1, -0.05) is 17.7 Å². The molecular formula is C15H17NO3S. The van der Waals surface area contributed by atoms with Gasteiger partial charge in [0, 0.05) is 0 Å². The second-order valence-corrected chi connectivity index (χ2v) is 6.55. The summed E-state index contributed by atoms with van der Waals surface area (Å²) in [5.74, 6) is 0.154. The molecule has 2 aromatic rings. The number of hydrogen-bond acceptors (Lipinski definition) is 3. The van der Waals surface area contributed by atoms with Crippen LogP contribution in [-0.2, 0) is 10.0 Å². The van der Waals surface area contributed by atoms with Gasteiger partial charge in [0.25, 0.3) is 10.0 Å². The Labute approximate surface area is 119 Å². The number of hydrogen-bond donors (Lipinski definition) is 2. The molecule has 0 aliphatic rings. The summed E-state index contributed by atoms with van der Waals surface area (Å²) in [6.45, 7) is 5.36. The van der Waals surface area contributed by atoms with E-state index < -0.39 is 10.0 Å². The van der Waals surface area contributed by atoms with E-state index in [0.29, 0.717) is 16.8 Å². The fourth-order valence-electron chi connectivity index (χ4n) is 1.83. The molecule has 0 heterocycles. The number of aryl methyl sites for hydroxylation is 3. The zero-order chi connectivity index (χ0) is 14.9. The molecule has 0 radical (unpaired) electrons. The average Bonchev–Trinajstić information content (AvgIpc) is 2.36. The third-order valence-electron chi connectivity index (χ3n) is 3.12. The van der Waals surface area contributed by atoms with E-state index in [-0.39, 0.29) is 10.6 Å². The second kappa shape index (κ2) is 5.17. The molecule has 20 heavy (non-hydrogen) atoms. The van der Waals surface area contributed by atoms with Crippen LogP contribution < -0.4 is 4.72 Å². The van der Waals surface area contributed by atoms with Crippen LogP contribution in [0.1, 0.15) is 16.7 Å². The van der Waals surface area contributed by atoms with Crippen LogP contribution in [0.3, 0.4) is 0 Å². The van der Waals surface area contributed by atoms with Crippen molar-refractivity contribution in [2.45, 2.75) is 25.7 Å². The van der Waals surface area contributed by atoms with Gasteiger partial charge in [-0.25, -0.2) is 8.42 Å². The molecule has 2 aromatic carbocycles. The Bertz CT molecular complexity index is 734. The van der Waals surface area contributed by atoms with Gasteiger partial charge in [0.1, 0.15) is 5.75 Å². The number of sulfonamides is 1. The number of nitrogens with one attached hydrogen (secondary N) is 1. The topological polar surface area (TPSA) is 66.4 Å². The van der Waals surface area contributed by atoms with Crippen LogP contribution in [0.4, 0.5) is 5.69 Å². The summed E-state index contributed by atoms with van der Waals surface area (Å²) < 4.78 is 27.1. The third kappa shape index (κ3) is 2.93. The summed E-state index contributed by atoms with van der Waals surface area (Å²) in [6, 6.07) is 9.81. The molecule has 0 spiro atoms. The smallest absolute Gasteiger partial charge is 0.261 e. The predicted octanol–water partition coefficient (Wildman–Crippen LogP) is 3.12. The van der Waals surface area contributed by atoms with E-state index in [4.69, 9.17) is 0 Å². The highest BCUT2D eigenvalue weighted by Crippen LogP contribution is 2.27. The largest absolute Gasteiger partial charge is 0.508 e. The van der Waals surface area contributed by atoms with Gasteiger partial charge in [-0.3, -0.25) is 4.72 Å². The molecular weight excluding hydrogens is 274 g/mol. The van der Waals surface area contributed by atoms with Gasteiger partial charge < -0.3 is 5.11 Å². The van der Waals surface area contributed by atoms with Crippen molar-refractivity contribution < 1.29 is 13.5 Å². The van der Waals surface area contributed by atoms with Crippen LogP contribution in [0.15, 0.2) is 41.3 Å². The van der Waals surface area contributed by atoms with E-state index >= 15 is 0 Å². The van der Waals surface area contributed by atoms with E-state index in [1.54, 1.807) is 50.2 Å². The molecule has 2 rings (SSSR count). The number of rotatable bonds is 3. The van der Waals surface area contributed by atoms with Crippen molar-refractivity contribution in [1.82, 2.24) is 0 Å². The number of phenols is 1. The Morgan fingerprint density at radius 3 is 2.15 bits per heavy atom. The zero-order valence-electron chi connectivity index (χ0n) is 11.6. The fourth-order valence-corrected chi connectivity index (χ4v) is 2.95. The lowest BCUT2D eigenvalue weighted by Gasteiger charge is -2.12. The molecule has 0 atom stereocenters. The van der Waals surface area contributed by atoms with Crippen LogP contribution >= 0.6 is 0 Å². The molecule has 0 fully saturated rings. The van der Waals surface area contributed by atoms with Gasteiger partial charge >= 0.3 is 0 Å². The molecule has 0 saturated carbocycles. The first-order chi connectivity index (χ1) is 9.29. The Hall–Kier alpha value is -2.01. The molecule has 0 bridgehead atoms. The first-order valence-corrected chi connectivity index (χ1v) is 7.67. The summed E-state index contributed by atoms with van der Waals surface area (Å²) in [4.78, 5) is 0.216. The lowest BCUT2D eigenvalue weighted by atomic mass is 10.1. The SMILES string of the molecule is Cc1ccc(S(=O)(=O)Nc2cc(C)c(O)cc2C)cc1. The van der Waals surface area contributed by atoms with Gasteiger partial charge in [-0.15, -0.1) is 0 Å². The van der Waals surface area contributed by atoms with Crippen LogP contribution in [0, 0.1) is 20.8 Å². The number of phenolic OH excluding ortho intramolecular Hbond substituents is 1. The molecule has 0 amide bonds. The fraction of sp³-hybridized carbons (Fsp3) is 0.200. The van der Waals surface area contributed by atoms with E-state index in [1.165, 1.54) is 0 Å². The maximum Gasteiger partial charge on any atom is 0.261 e. The summed E-state index contributed by atoms with van der Waals surface area (Å²) in [7, 11) is -3.61. The minimum atomic E-state index is -3.61. The van der Waals surface area contributed by atoms with Crippen molar-refractivity contribution in [1.29, 1.82) is 0 Å². The minimum Gasteiger partial charge on any atom is -0.508 e. The lowest BCUT2D eigenvalue weighted by molar-refractivity contribution is 0.471. The Balaban J connectivity index is 2.38. The van der Waals surface area contributed by atoms with Crippen molar-refractivity contribution in [3.05, 3.63) is 53.1 Å². The highest BCUT2D eigenvalue weighted by molar-refractivity contribution is 7.92. The predicted molar refractivity (Wildman–Crippen MR) is 79.6 cm³/mol. The summed E-state index contributed by atoms with van der Waals surface area (Å²) in [5.41, 5.74) is 2.77. The number of benzene rings is 2. The molecule has 5 heteroatoms. The van der Waals surface area contributed by atoms with Crippen LogP contribution in [0.2, 0.25) is 0 Å². The molecule has 4 nitrogen and oxygen atoms in total. The number of aromatic hydroxyl groups is 1. The van der Waals surface area contributed by atoms with E-state index in [9.17, 15) is 13.5 Å². The lowest BCUT2D eigenvalue weighted by Crippen LogP contribution is -2.13. The van der Waals surface area contributed by atoms with Gasteiger partial charge in [0.15, 0.2) is 0 Å². The monoisotopic (exact) mass is 291 g/mol. The average molecular weight is 291 g/mol. The maximum absolute atomic E-state index is 12.3. The molecule has 106 valence electrons. The van der Waals surface area contributed by atoms with Gasteiger partial charge in [-0.2, -0.15) is 0 Å². The van der Waals surface area contributed by atoms with Crippen molar-refractivity contribution in [3.63, 3.8) is 0 Å². The van der Waals surface area contributed by atoms with Crippen LogP contribution in [0.5, 0.6) is 5.75 Å². The summed E-state index contributed by atoms with van der Waals surface area (Å²) >= 11 is 0. The van der Waals surface area contributed by atoms with Crippen molar-refractivity contribution in [2.24, 2.45) is 0 Å². The van der Waals surface area contributed by atoms with Crippen molar-refractivity contribution in [3.8, 4) is 5.75 Å². The second-order valence-electron chi connectivity index (χ2n) is 4.87. The molecule has 0 aliphatic heterocycles. The first-order valence-electron chi connectivity index (χ1n) is 6.19. The minimum absolute atomic E-state index is 0.154. The van der Waals surface area contributed by atoms with Gasteiger partial charge in [0.2, 0.25) is 0 Å². The standard InChI is InChI=1S/C15H17NO3S/c1-10-4-6-13(7-5-10)20(18,19)16-14-8-12(3)15(17)9-11(14)2/h4-9,16-17H,1-3H3. The zero-order valence-corrected chi connectivity index (χ0v) is 12.5. The van der Waals surface area contributed by atoms with Crippen LogP contribution in [-0.4, -0.2) is 13.5 Å². The van der Waals surface area contributed by atoms with E-state index in [1.807, 2.05) is 6.92 Å². The molecule has 0 aliphatic carbocycles. The highest BCUT2D eigenvalue weighted by Gasteiger charge is 2.15.